The second-order valence-electron chi connectivity index (χ2n) is 10.0. The summed E-state index contributed by atoms with van der Waals surface area (Å²) in [6.45, 7) is 2.46. The van der Waals surface area contributed by atoms with E-state index in [2.05, 4.69) is 10.3 Å². The minimum atomic E-state index is -1.84. The molecule has 0 spiro atoms. The van der Waals surface area contributed by atoms with Gasteiger partial charge in [-0.15, -0.1) is 0 Å². The first kappa shape index (κ1) is 26.9. The Morgan fingerprint density at radius 1 is 1.10 bits per heavy atom. The number of carboxylic acid groups (broad SMARTS) is 1. The third-order valence-corrected chi connectivity index (χ3v) is 7.52. The number of non-ortho nitro benzene ring substituents is 1. The van der Waals surface area contributed by atoms with Crippen molar-refractivity contribution in [1.29, 1.82) is 0 Å². The molecule has 3 aromatic rings. The Kier molecular flexibility index (Phi) is 7.31. The summed E-state index contributed by atoms with van der Waals surface area (Å²) >= 11 is 0. The van der Waals surface area contributed by atoms with Crippen molar-refractivity contribution < 1.29 is 29.2 Å². The Labute approximate surface area is 229 Å². The molecule has 2 aliphatic heterocycles. The fourth-order valence-corrected chi connectivity index (χ4v) is 5.64. The first-order valence-electron chi connectivity index (χ1n) is 13.0. The number of amides is 2. The number of nitro benzene ring substituents is 1. The number of rotatable bonds is 10. The van der Waals surface area contributed by atoms with Gasteiger partial charge in [0.05, 0.1) is 35.6 Å². The molecule has 5 rings (SSSR count). The molecule has 4 atom stereocenters. The molecular weight excluding hydrogens is 516 g/mol. The van der Waals surface area contributed by atoms with E-state index in [0.29, 0.717) is 29.2 Å². The quantitative estimate of drug-likeness (QED) is 0.222. The van der Waals surface area contributed by atoms with E-state index in [-0.39, 0.29) is 18.7 Å². The smallest absolute Gasteiger partial charge is 0.325 e. The SMILES string of the molecule is CCCOc1ccc(C2NC(Cc3ccc([N+](=O)[O-])cc3)(C(=O)O)C3C(=O)N(Cc4ccccn4)C(=O)C23)cc1. The monoisotopic (exact) mass is 544 g/mol. The number of nitrogens with zero attached hydrogens (tertiary/aromatic N) is 3. The maximum atomic E-state index is 13.9. The van der Waals surface area contributed by atoms with E-state index in [9.17, 15) is 29.6 Å². The molecule has 4 unspecified atom stereocenters. The van der Waals surface area contributed by atoms with E-state index < -0.39 is 46.1 Å². The molecule has 2 amide bonds. The summed E-state index contributed by atoms with van der Waals surface area (Å²) in [5.41, 5.74) is -0.350. The number of carbonyl (C=O) groups excluding carboxylic acids is 2. The lowest BCUT2D eigenvalue weighted by atomic mass is 9.76. The van der Waals surface area contributed by atoms with Crippen molar-refractivity contribution >= 4 is 23.5 Å². The van der Waals surface area contributed by atoms with Gasteiger partial charge in [0.25, 0.3) is 5.69 Å². The van der Waals surface area contributed by atoms with Gasteiger partial charge >= 0.3 is 5.97 Å². The van der Waals surface area contributed by atoms with Crippen molar-refractivity contribution in [3.05, 3.63) is 99.9 Å². The topological polar surface area (TPSA) is 152 Å². The highest BCUT2D eigenvalue weighted by molar-refractivity contribution is 6.09. The van der Waals surface area contributed by atoms with Crippen LogP contribution in [0.5, 0.6) is 5.75 Å². The van der Waals surface area contributed by atoms with E-state index in [0.717, 1.165) is 11.3 Å². The van der Waals surface area contributed by atoms with Crippen LogP contribution in [0.2, 0.25) is 0 Å². The van der Waals surface area contributed by atoms with Crippen molar-refractivity contribution in [3.8, 4) is 5.75 Å². The van der Waals surface area contributed by atoms with Crippen LogP contribution in [0.1, 0.15) is 36.2 Å². The second-order valence-corrected chi connectivity index (χ2v) is 10.0. The molecule has 40 heavy (non-hydrogen) atoms. The first-order chi connectivity index (χ1) is 19.2. The zero-order valence-corrected chi connectivity index (χ0v) is 21.7. The summed E-state index contributed by atoms with van der Waals surface area (Å²) in [4.78, 5) is 56.6. The average Bonchev–Trinajstić information content (AvgIpc) is 3.43. The highest BCUT2D eigenvalue weighted by Crippen LogP contribution is 2.50. The third kappa shape index (κ3) is 4.79. The molecule has 3 heterocycles. The molecule has 2 N–H and O–H groups in total. The fourth-order valence-electron chi connectivity index (χ4n) is 5.64. The van der Waals surface area contributed by atoms with Crippen LogP contribution in [0.25, 0.3) is 0 Å². The number of carboxylic acids is 1. The molecule has 0 saturated carbocycles. The van der Waals surface area contributed by atoms with Crippen molar-refractivity contribution in [3.63, 3.8) is 0 Å². The van der Waals surface area contributed by atoms with Crippen LogP contribution in [0.4, 0.5) is 5.69 Å². The first-order valence-corrected chi connectivity index (χ1v) is 13.0. The number of hydrogen-bond donors (Lipinski definition) is 2. The minimum absolute atomic E-state index is 0.0742. The molecule has 2 aromatic carbocycles. The van der Waals surface area contributed by atoms with Gasteiger partial charge in [0, 0.05) is 30.8 Å². The normalized spacial score (nSPS) is 23.7. The molecule has 1 aromatic heterocycles. The zero-order chi connectivity index (χ0) is 28.4. The van der Waals surface area contributed by atoms with Gasteiger partial charge in [-0.3, -0.25) is 39.7 Å². The number of ether oxygens (including phenoxy) is 1. The van der Waals surface area contributed by atoms with Crippen LogP contribution in [0, 0.1) is 22.0 Å². The summed E-state index contributed by atoms with van der Waals surface area (Å²) in [5.74, 6) is -3.91. The van der Waals surface area contributed by atoms with Crippen LogP contribution >= 0.6 is 0 Å². The van der Waals surface area contributed by atoms with Crippen LogP contribution in [0.15, 0.2) is 72.9 Å². The van der Waals surface area contributed by atoms with E-state index in [4.69, 9.17) is 4.74 Å². The van der Waals surface area contributed by atoms with Crippen LogP contribution in [0.3, 0.4) is 0 Å². The summed E-state index contributed by atoms with van der Waals surface area (Å²) in [7, 11) is 0. The largest absolute Gasteiger partial charge is 0.494 e. The van der Waals surface area contributed by atoms with Gasteiger partial charge in [-0.25, -0.2) is 0 Å². The van der Waals surface area contributed by atoms with Gasteiger partial charge in [-0.05, 0) is 41.8 Å². The summed E-state index contributed by atoms with van der Waals surface area (Å²) < 4.78 is 5.67. The summed E-state index contributed by atoms with van der Waals surface area (Å²) in [5, 5.41) is 24.9. The van der Waals surface area contributed by atoms with E-state index in [1.54, 1.807) is 48.7 Å². The van der Waals surface area contributed by atoms with Crippen LogP contribution in [-0.4, -0.2) is 49.8 Å². The Hall–Kier alpha value is -4.64. The number of likely N-dealkylation sites (tertiary alicyclic amines) is 1. The average molecular weight is 545 g/mol. The van der Waals surface area contributed by atoms with E-state index in [1.807, 2.05) is 6.92 Å². The Bertz CT molecular complexity index is 1430. The Morgan fingerprint density at radius 3 is 2.42 bits per heavy atom. The predicted molar refractivity (Wildman–Crippen MR) is 142 cm³/mol. The van der Waals surface area contributed by atoms with Crippen molar-refractivity contribution in [1.82, 2.24) is 15.2 Å². The van der Waals surface area contributed by atoms with E-state index in [1.165, 1.54) is 24.3 Å². The lowest BCUT2D eigenvalue weighted by Crippen LogP contribution is -2.57. The zero-order valence-electron chi connectivity index (χ0n) is 21.7. The number of benzene rings is 2. The Morgan fingerprint density at radius 2 is 1.82 bits per heavy atom. The van der Waals surface area contributed by atoms with Crippen LogP contribution < -0.4 is 10.1 Å². The van der Waals surface area contributed by atoms with Gasteiger partial charge in [0.1, 0.15) is 11.3 Å². The molecule has 0 radical (unpaired) electrons. The molecule has 2 aliphatic rings. The van der Waals surface area contributed by atoms with Crippen molar-refractivity contribution in [2.24, 2.45) is 11.8 Å². The predicted octanol–water partition coefficient (Wildman–Crippen LogP) is 3.29. The van der Waals surface area contributed by atoms with Gasteiger partial charge in [0.2, 0.25) is 11.8 Å². The molecule has 0 aliphatic carbocycles. The number of aliphatic carboxylic acids is 1. The van der Waals surface area contributed by atoms with Gasteiger partial charge < -0.3 is 9.84 Å². The number of nitrogens with one attached hydrogen (secondary N) is 1. The molecule has 206 valence electrons. The molecule has 11 heteroatoms. The highest BCUT2D eigenvalue weighted by Gasteiger charge is 2.68. The molecule has 2 saturated heterocycles. The lowest BCUT2D eigenvalue weighted by molar-refractivity contribution is -0.384. The minimum Gasteiger partial charge on any atom is -0.494 e. The van der Waals surface area contributed by atoms with Crippen LogP contribution in [-0.2, 0) is 27.3 Å². The van der Waals surface area contributed by atoms with Gasteiger partial charge in [-0.2, -0.15) is 0 Å². The second kappa shape index (κ2) is 10.9. The maximum absolute atomic E-state index is 13.9. The number of imide groups is 1. The molecule has 2 fully saturated rings. The fraction of sp³-hybridized carbons (Fsp3) is 0.310. The standard InChI is InChI=1S/C29H28N4O7/c1-2-15-40-22-12-8-19(9-13-22)25-23-24(27(35)32(26(23)34)17-20-5-3-4-14-30-20)29(31-25,28(36)37)16-18-6-10-21(11-7-18)33(38)39/h3-14,23-25,31H,2,15-17H2,1H3,(H,36,37). The maximum Gasteiger partial charge on any atom is 0.325 e. The van der Waals surface area contributed by atoms with Gasteiger partial charge in [0.15, 0.2) is 0 Å². The molecule has 0 bridgehead atoms. The number of pyridine rings is 1. The number of aromatic nitrogens is 1. The summed E-state index contributed by atoms with van der Waals surface area (Å²) in [6, 6.07) is 17.0. The number of hydrogen-bond acceptors (Lipinski definition) is 8. The van der Waals surface area contributed by atoms with Gasteiger partial charge in [-0.1, -0.05) is 37.3 Å². The lowest BCUT2D eigenvalue weighted by Gasteiger charge is -2.31. The molecular formula is C29H28N4O7. The highest BCUT2D eigenvalue weighted by atomic mass is 16.6. The number of nitro groups is 1. The number of carbonyl (C=O) groups is 3. The van der Waals surface area contributed by atoms with Crippen molar-refractivity contribution in [2.75, 3.05) is 6.61 Å². The molecule has 11 nitrogen and oxygen atoms in total. The third-order valence-electron chi connectivity index (χ3n) is 7.52. The van der Waals surface area contributed by atoms with E-state index >= 15 is 0 Å². The number of fused-ring (bicyclic) bond motifs is 1. The van der Waals surface area contributed by atoms with Crippen molar-refractivity contribution in [2.45, 2.75) is 37.9 Å². The Balaban J connectivity index is 1.55. The summed E-state index contributed by atoms with van der Waals surface area (Å²) in [6.07, 6.45) is 2.23.